The fourth-order valence-electron chi connectivity index (χ4n) is 3.86. The largest absolute Gasteiger partial charge is 0.496 e. The zero-order chi connectivity index (χ0) is 23.3. The van der Waals surface area contributed by atoms with E-state index in [1.165, 1.54) is 16.4 Å². The molecule has 1 N–H and O–H groups in total. The summed E-state index contributed by atoms with van der Waals surface area (Å²) in [4.78, 5) is 12.9. The third-order valence-corrected chi connectivity index (χ3v) is 7.82. The third kappa shape index (κ3) is 5.36. The first-order valence-corrected chi connectivity index (χ1v) is 12.5. The molecular weight excluding hydrogens is 452 g/mol. The van der Waals surface area contributed by atoms with Crippen LogP contribution in [0.5, 0.6) is 11.5 Å². The van der Waals surface area contributed by atoms with Crippen LogP contribution < -0.4 is 14.8 Å². The number of rotatable bonds is 8. The molecule has 2 aromatic rings. The minimum Gasteiger partial charge on any atom is -0.496 e. The summed E-state index contributed by atoms with van der Waals surface area (Å²) in [6.07, 6.45) is 0.906. The highest BCUT2D eigenvalue weighted by Crippen LogP contribution is 2.31. The molecule has 2 aromatic carbocycles. The number of carbonyl (C=O) groups is 1. The van der Waals surface area contributed by atoms with Gasteiger partial charge in [0.2, 0.25) is 15.9 Å². The number of hydrogen-bond donors (Lipinski definition) is 1. The average molecular weight is 481 g/mol. The van der Waals surface area contributed by atoms with Crippen molar-refractivity contribution < 1.29 is 22.7 Å². The van der Waals surface area contributed by atoms with Gasteiger partial charge in [0.25, 0.3) is 0 Å². The van der Waals surface area contributed by atoms with E-state index >= 15 is 0 Å². The second kappa shape index (κ2) is 10.6. The van der Waals surface area contributed by atoms with E-state index in [1.807, 2.05) is 38.1 Å². The minimum absolute atomic E-state index is 0.0791. The van der Waals surface area contributed by atoms with Gasteiger partial charge in [0, 0.05) is 24.6 Å². The summed E-state index contributed by atoms with van der Waals surface area (Å²) in [5.41, 5.74) is 0.899. The van der Waals surface area contributed by atoms with E-state index in [0.29, 0.717) is 25.2 Å². The number of benzene rings is 2. The van der Waals surface area contributed by atoms with Crippen LogP contribution in [-0.2, 0) is 14.8 Å². The van der Waals surface area contributed by atoms with Crippen LogP contribution in [-0.4, -0.2) is 45.4 Å². The van der Waals surface area contributed by atoms with Crippen LogP contribution in [0.1, 0.15) is 38.3 Å². The van der Waals surface area contributed by atoms with Crippen molar-refractivity contribution in [1.82, 2.24) is 9.62 Å². The van der Waals surface area contributed by atoms with Gasteiger partial charge in [-0.25, -0.2) is 8.42 Å². The number of para-hydroxylation sites is 1. The third-order valence-electron chi connectivity index (χ3n) is 5.63. The van der Waals surface area contributed by atoms with Crippen molar-refractivity contribution in [3.8, 4) is 11.5 Å². The van der Waals surface area contributed by atoms with Crippen LogP contribution in [0.2, 0.25) is 5.02 Å². The predicted octanol–water partition coefficient (Wildman–Crippen LogP) is 4.03. The molecule has 7 nitrogen and oxygen atoms in total. The molecule has 0 radical (unpaired) electrons. The zero-order valence-electron chi connectivity index (χ0n) is 18.5. The lowest BCUT2D eigenvalue weighted by molar-refractivity contribution is -0.126. The van der Waals surface area contributed by atoms with Crippen molar-refractivity contribution >= 4 is 27.5 Å². The monoisotopic (exact) mass is 480 g/mol. The second-order valence-corrected chi connectivity index (χ2v) is 10.0. The van der Waals surface area contributed by atoms with Crippen LogP contribution in [0.3, 0.4) is 0 Å². The summed E-state index contributed by atoms with van der Waals surface area (Å²) in [5.74, 6) is 0.843. The standard InChI is InChI=1S/C23H29ClN2O5S/c1-4-31-22-10-9-18(15-20(22)24)32(28,29)26-13-11-17(12-14-26)23(27)25-16(2)19-7-5-6-8-21(19)30-3/h5-10,15-17H,4,11-14H2,1-3H3,(H,25,27)/t16-/m0/s1. The van der Waals surface area contributed by atoms with Crippen LogP contribution in [0.4, 0.5) is 0 Å². The molecule has 0 aromatic heterocycles. The Balaban J connectivity index is 1.61. The number of nitrogens with zero attached hydrogens (tertiary/aromatic N) is 1. The van der Waals surface area contributed by atoms with E-state index in [4.69, 9.17) is 21.1 Å². The highest BCUT2D eigenvalue weighted by Gasteiger charge is 2.33. The molecule has 0 bridgehead atoms. The number of amides is 1. The van der Waals surface area contributed by atoms with Crippen molar-refractivity contribution in [1.29, 1.82) is 0 Å². The molecule has 0 saturated carbocycles. The van der Waals surface area contributed by atoms with Gasteiger partial charge >= 0.3 is 0 Å². The zero-order valence-corrected chi connectivity index (χ0v) is 20.1. The predicted molar refractivity (Wildman–Crippen MR) is 124 cm³/mol. The fraction of sp³-hybridized carbons (Fsp3) is 0.435. The fourth-order valence-corrected chi connectivity index (χ4v) is 5.65. The second-order valence-electron chi connectivity index (χ2n) is 7.68. The molecule has 32 heavy (non-hydrogen) atoms. The number of methoxy groups -OCH3 is 1. The van der Waals surface area contributed by atoms with Crippen molar-refractivity contribution in [2.24, 2.45) is 5.92 Å². The summed E-state index contributed by atoms with van der Waals surface area (Å²) >= 11 is 6.17. The summed E-state index contributed by atoms with van der Waals surface area (Å²) in [6, 6.07) is 11.8. The Hall–Kier alpha value is -2.29. The Labute approximate surface area is 194 Å². The van der Waals surface area contributed by atoms with E-state index < -0.39 is 10.0 Å². The molecule has 174 valence electrons. The van der Waals surface area contributed by atoms with Gasteiger partial charge in [-0.3, -0.25) is 4.79 Å². The Morgan fingerprint density at radius 1 is 1.19 bits per heavy atom. The molecule has 1 heterocycles. The molecule has 1 fully saturated rings. The van der Waals surface area contributed by atoms with E-state index in [2.05, 4.69) is 5.32 Å². The van der Waals surface area contributed by atoms with E-state index in [1.54, 1.807) is 13.2 Å². The first-order valence-electron chi connectivity index (χ1n) is 10.6. The number of sulfonamides is 1. The summed E-state index contributed by atoms with van der Waals surface area (Å²) in [7, 11) is -2.10. The molecule has 0 aliphatic carbocycles. The molecule has 1 aliphatic rings. The molecule has 9 heteroatoms. The number of ether oxygens (including phenoxy) is 2. The number of piperidine rings is 1. The molecule has 0 unspecified atom stereocenters. The van der Waals surface area contributed by atoms with Gasteiger partial charge < -0.3 is 14.8 Å². The Morgan fingerprint density at radius 3 is 2.50 bits per heavy atom. The van der Waals surface area contributed by atoms with Gasteiger partial charge in [0.05, 0.1) is 29.7 Å². The topological polar surface area (TPSA) is 84.9 Å². The molecule has 1 atom stereocenters. The van der Waals surface area contributed by atoms with Crippen molar-refractivity contribution in [3.05, 3.63) is 53.1 Å². The maximum absolute atomic E-state index is 13.0. The quantitative estimate of drug-likeness (QED) is 0.616. The molecular formula is C23H29ClN2O5S. The smallest absolute Gasteiger partial charge is 0.243 e. The van der Waals surface area contributed by atoms with Gasteiger partial charge in [-0.15, -0.1) is 0 Å². The van der Waals surface area contributed by atoms with Crippen molar-refractivity contribution in [2.75, 3.05) is 26.8 Å². The van der Waals surface area contributed by atoms with Crippen LogP contribution in [0.25, 0.3) is 0 Å². The van der Waals surface area contributed by atoms with Gasteiger partial charge in [0.15, 0.2) is 0 Å². The SMILES string of the molecule is CCOc1ccc(S(=O)(=O)N2CCC(C(=O)N[C@@H](C)c3ccccc3OC)CC2)cc1Cl. The normalized spacial score (nSPS) is 16.4. The molecule has 0 spiro atoms. The first-order chi connectivity index (χ1) is 15.3. The first kappa shape index (κ1) is 24.4. The van der Waals surface area contributed by atoms with E-state index in [0.717, 1.165) is 11.3 Å². The minimum atomic E-state index is -3.70. The van der Waals surface area contributed by atoms with Crippen LogP contribution in [0.15, 0.2) is 47.4 Å². The Kier molecular flexibility index (Phi) is 8.03. The van der Waals surface area contributed by atoms with E-state index in [-0.39, 0.29) is 40.9 Å². The molecule has 1 amide bonds. The lowest BCUT2D eigenvalue weighted by Gasteiger charge is -2.31. The average Bonchev–Trinajstić information content (AvgIpc) is 2.80. The van der Waals surface area contributed by atoms with Gasteiger partial charge in [-0.05, 0) is 51.0 Å². The molecule has 1 saturated heterocycles. The van der Waals surface area contributed by atoms with Gasteiger partial charge in [-0.2, -0.15) is 4.31 Å². The molecule has 1 aliphatic heterocycles. The summed E-state index contributed by atoms with van der Waals surface area (Å²) in [6.45, 7) is 4.73. The number of halogens is 1. The summed E-state index contributed by atoms with van der Waals surface area (Å²) < 4.78 is 38.2. The number of nitrogens with one attached hydrogen (secondary N) is 1. The maximum Gasteiger partial charge on any atom is 0.243 e. The Morgan fingerprint density at radius 2 is 1.88 bits per heavy atom. The van der Waals surface area contributed by atoms with Gasteiger partial charge in [-0.1, -0.05) is 29.8 Å². The number of carbonyl (C=O) groups excluding carboxylic acids is 1. The highest BCUT2D eigenvalue weighted by molar-refractivity contribution is 7.89. The van der Waals surface area contributed by atoms with Crippen molar-refractivity contribution in [2.45, 2.75) is 37.6 Å². The Bertz CT molecular complexity index is 1050. The molecule has 3 rings (SSSR count). The van der Waals surface area contributed by atoms with Gasteiger partial charge in [0.1, 0.15) is 11.5 Å². The lowest BCUT2D eigenvalue weighted by Crippen LogP contribution is -2.43. The highest BCUT2D eigenvalue weighted by atomic mass is 35.5. The summed E-state index contributed by atoms with van der Waals surface area (Å²) in [5, 5.41) is 3.29. The maximum atomic E-state index is 13.0. The lowest BCUT2D eigenvalue weighted by atomic mass is 9.96. The number of hydrogen-bond acceptors (Lipinski definition) is 5. The van der Waals surface area contributed by atoms with E-state index in [9.17, 15) is 13.2 Å². The van der Waals surface area contributed by atoms with Crippen molar-refractivity contribution in [3.63, 3.8) is 0 Å². The van der Waals surface area contributed by atoms with Crippen LogP contribution >= 0.6 is 11.6 Å². The van der Waals surface area contributed by atoms with Crippen LogP contribution in [0, 0.1) is 5.92 Å².